The van der Waals surface area contributed by atoms with Crippen LogP contribution >= 0.6 is 12.2 Å². The van der Waals surface area contributed by atoms with Crippen LogP contribution in [0.25, 0.3) is 10.9 Å². The van der Waals surface area contributed by atoms with Crippen molar-refractivity contribution in [1.82, 2.24) is 9.78 Å². The third-order valence-corrected chi connectivity index (χ3v) is 3.07. The van der Waals surface area contributed by atoms with Gasteiger partial charge in [0.2, 0.25) is 0 Å². The number of hydrogen-bond acceptors (Lipinski definition) is 3. The van der Waals surface area contributed by atoms with Crippen molar-refractivity contribution < 1.29 is 0 Å². The standard InChI is InChI=1S/C15H11N3S/c19-11-16-14-7-6-13-9-17-18(15(13)8-14)10-12-4-2-1-3-5-12/h1-9H,10H2. The lowest BCUT2D eigenvalue weighted by Gasteiger charge is -2.04. The molecule has 0 saturated carbocycles. The molecule has 0 aliphatic heterocycles. The lowest BCUT2D eigenvalue weighted by Crippen LogP contribution is -2.00. The van der Waals surface area contributed by atoms with Crippen LogP contribution in [0.5, 0.6) is 0 Å². The number of aromatic nitrogens is 2. The molecule has 0 radical (unpaired) electrons. The number of isothiocyanates is 1. The first-order chi connectivity index (χ1) is 9.36. The first kappa shape index (κ1) is 11.8. The molecule has 1 heterocycles. The summed E-state index contributed by atoms with van der Waals surface area (Å²) in [7, 11) is 0. The van der Waals surface area contributed by atoms with Gasteiger partial charge in [-0.25, -0.2) is 0 Å². The molecule has 3 nitrogen and oxygen atoms in total. The third kappa shape index (κ3) is 2.45. The molecule has 0 spiro atoms. The fourth-order valence-electron chi connectivity index (χ4n) is 2.06. The van der Waals surface area contributed by atoms with Gasteiger partial charge in [-0.2, -0.15) is 10.1 Å². The molecule has 0 atom stereocenters. The topological polar surface area (TPSA) is 30.2 Å². The molecule has 0 bridgehead atoms. The van der Waals surface area contributed by atoms with Crippen molar-refractivity contribution in [2.45, 2.75) is 6.54 Å². The number of fused-ring (bicyclic) bond motifs is 1. The van der Waals surface area contributed by atoms with E-state index < -0.39 is 0 Å². The number of aliphatic imine (C=N–C) groups is 1. The summed E-state index contributed by atoms with van der Waals surface area (Å²) in [5.74, 6) is 0. The molecular weight excluding hydrogens is 254 g/mol. The number of thiocarbonyl (C=S) groups is 1. The Balaban J connectivity index is 2.04. The Labute approximate surface area is 116 Å². The Bertz CT molecular complexity index is 755. The molecular formula is C15H11N3S. The summed E-state index contributed by atoms with van der Waals surface area (Å²) in [6.45, 7) is 0.745. The van der Waals surface area contributed by atoms with Crippen LogP contribution in [0.3, 0.4) is 0 Å². The van der Waals surface area contributed by atoms with Gasteiger partial charge < -0.3 is 0 Å². The molecule has 2 aromatic carbocycles. The highest BCUT2D eigenvalue weighted by molar-refractivity contribution is 7.78. The molecule has 0 aliphatic rings. The van der Waals surface area contributed by atoms with Gasteiger partial charge >= 0.3 is 0 Å². The summed E-state index contributed by atoms with van der Waals surface area (Å²) < 4.78 is 1.97. The smallest absolute Gasteiger partial charge is 0.0761 e. The fourth-order valence-corrected chi connectivity index (χ4v) is 2.17. The van der Waals surface area contributed by atoms with E-state index in [1.54, 1.807) is 0 Å². The van der Waals surface area contributed by atoms with Crippen LogP contribution in [-0.2, 0) is 6.54 Å². The average Bonchev–Trinajstić information content (AvgIpc) is 2.83. The monoisotopic (exact) mass is 265 g/mol. The van der Waals surface area contributed by atoms with E-state index in [0.29, 0.717) is 0 Å². The van der Waals surface area contributed by atoms with Gasteiger partial charge in [-0.15, -0.1) is 0 Å². The van der Waals surface area contributed by atoms with Crippen molar-refractivity contribution in [3.8, 4) is 0 Å². The largest absolute Gasteiger partial charge is 0.260 e. The second-order valence-electron chi connectivity index (χ2n) is 4.23. The molecule has 0 amide bonds. The molecule has 19 heavy (non-hydrogen) atoms. The molecule has 92 valence electrons. The normalized spacial score (nSPS) is 10.3. The van der Waals surface area contributed by atoms with Gasteiger partial charge in [0, 0.05) is 5.39 Å². The number of benzene rings is 2. The van der Waals surface area contributed by atoms with Crippen molar-refractivity contribution in [2.75, 3.05) is 0 Å². The van der Waals surface area contributed by atoms with Gasteiger partial charge in [-0.3, -0.25) is 4.68 Å². The molecule has 0 N–H and O–H groups in total. The fraction of sp³-hybridized carbons (Fsp3) is 0.0667. The number of nitrogens with zero attached hydrogens (tertiary/aromatic N) is 3. The zero-order valence-corrected chi connectivity index (χ0v) is 11.0. The van der Waals surface area contributed by atoms with E-state index >= 15 is 0 Å². The lowest BCUT2D eigenvalue weighted by atomic mass is 10.2. The maximum Gasteiger partial charge on any atom is 0.0761 e. The minimum Gasteiger partial charge on any atom is -0.260 e. The molecule has 1 aromatic heterocycles. The molecule has 0 aliphatic carbocycles. The van der Waals surface area contributed by atoms with Gasteiger partial charge in [0.1, 0.15) is 0 Å². The summed E-state index contributed by atoms with van der Waals surface area (Å²) in [5, 5.41) is 7.91. The van der Waals surface area contributed by atoms with Crippen LogP contribution < -0.4 is 0 Å². The number of rotatable bonds is 3. The SMILES string of the molecule is S=C=Nc1ccc2cnn(Cc3ccccc3)c2c1. The lowest BCUT2D eigenvalue weighted by molar-refractivity contribution is 0.712. The van der Waals surface area contributed by atoms with Crippen molar-refractivity contribution in [1.29, 1.82) is 0 Å². The Morgan fingerprint density at radius 2 is 2.00 bits per heavy atom. The predicted molar refractivity (Wildman–Crippen MR) is 80.0 cm³/mol. The Morgan fingerprint density at radius 1 is 1.16 bits per heavy atom. The minimum absolute atomic E-state index is 0.745. The van der Waals surface area contributed by atoms with Crippen LogP contribution in [0.4, 0.5) is 5.69 Å². The van der Waals surface area contributed by atoms with Gasteiger partial charge in [0.15, 0.2) is 0 Å². The summed E-state index contributed by atoms with van der Waals surface area (Å²) in [4.78, 5) is 4.01. The Morgan fingerprint density at radius 3 is 2.79 bits per heavy atom. The Kier molecular flexibility index (Phi) is 3.19. The van der Waals surface area contributed by atoms with E-state index in [-0.39, 0.29) is 0 Å². The van der Waals surface area contributed by atoms with Crippen molar-refractivity contribution in [3.63, 3.8) is 0 Å². The highest BCUT2D eigenvalue weighted by atomic mass is 32.1. The van der Waals surface area contributed by atoms with Crippen LogP contribution in [0.1, 0.15) is 5.56 Å². The van der Waals surface area contributed by atoms with Gasteiger partial charge in [-0.1, -0.05) is 30.3 Å². The first-order valence-electron chi connectivity index (χ1n) is 5.94. The van der Waals surface area contributed by atoms with Crippen LogP contribution in [0, 0.1) is 0 Å². The maximum atomic E-state index is 4.63. The molecule has 0 saturated heterocycles. The van der Waals surface area contributed by atoms with E-state index in [9.17, 15) is 0 Å². The quantitative estimate of drug-likeness (QED) is 0.532. The summed E-state index contributed by atoms with van der Waals surface area (Å²) >= 11 is 4.63. The van der Waals surface area contributed by atoms with E-state index in [1.807, 2.05) is 47.3 Å². The van der Waals surface area contributed by atoms with Crippen molar-refractivity contribution >= 4 is 34.0 Å². The van der Waals surface area contributed by atoms with Gasteiger partial charge in [0.25, 0.3) is 0 Å². The van der Waals surface area contributed by atoms with E-state index in [0.717, 1.165) is 23.1 Å². The molecule has 0 unspecified atom stereocenters. The van der Waals surface area contributed by atoms with Gasteiger partial charge in [-0.05, 0) is 36.0 Å². The summed E-state index contributed by atoms with van der Waals surface area (Å²) in [5.41, 5.74) is 3.07. The van der Waals surface area contributed by atoms with Crippen molar-refractivity contribution in [3.05, 3.63) is 60.3 Å². The highest BCUT2D eigenvalue weighted by Gasteiger charge is 2.04. The molecule has 0 fully saturated rings. The predicted octanol–water partition coefficient (Wildman–Crippen LogP) is 3.82. The Hall–Kier alpha value is -2.29. The minimum atomic E-state index is 0.745. The maximum absolute atomic E-state index is 4.63. The van der Waals surface area contributed by atoms with Crippen LogP contribution in [0.2, 0.25) is 0 Å². The van der Waals surface area contributed by atoms with Crippen molar-refractivity contribution in [2.24, 2.45) is 4.99 Å². The second-order valence-corrected chi connectivity index (χ2v) is 4.42. The molecule has 3 aromatic rings. The van der Waals surface area contributed by atoms with Crippen LogP contribution in [-0.4, -0.2) is 14.9 Å². The van der Waals surface area contributed by atoms with Crippen LogP contribution in [0.15, 0.2) is 59.7 Å². The molecule has 4 heteroatoms. The summed E-state index contributed by atoms with van der Waals surface area (Å²) in [6, 6.07) is 16.1. The molecule has 3 rings (SSSR count). The second kappa shape index (κ2) is 5.14. The van der Waals surface area contributed by atoms with E-state index in [4.69, 9.17) is 0 Å². The third-order valence-electron chi connectivity index (χ3n) is 2.98. The first-order valence-corrected chi connectivity index (χ1v) is 6.35. The summed E-state index contributed by atoms with van der Waals surface area (Å²) in [6.07, 6.45) is 1.86. The van der Waals surface area contributed by atoms with Gasteiger partial charge in [0.05, 0.1) is 29.1 Å². The van der Waals surface area contributed by atoms with E-state index in [2.05, 4.69) is 39.6 Å². The zero-order chi connectivity index (χ0) is 13.1. The average molecular weight is 265 g/mol. The van der Waals surface area contributed by atoms with E-state index in [1.165, 1.54) is 5.56 Å². The number of hydrogen-bond donors (Lipinski definition) is 0. The zero-order valence-electron chi connectivity index (χ0n) is 10.2. The highest BCUT2D eigenvalue weighted by Crippen LogP contribution is 2.21.